The molecule has 0 aliphatic carbocycles. The normalized spacial score (nSPS) is 10.1. The first-order valence-corrected chi connectivity index (χ1v) is 6.90. The van der Waals surface area contributed by atoms with Crippen molar-refractivity contribution in [2.45, 2.75) is 6.92 Å². The number of carbonyl (C=O) groups is 1. The van der Waals surface area contributed by atoms with E-state index in [0.29, 0.717) is 29.4 Å². The van der Waals surface area contributed by atoms with Crippen LogP contribution in [0.15, 0.2) is 46.9 Å². The number of halogens is 1. The zero-order valence-corrected chi connectivity index (χ0v) is 12.5. The van der Waals surface area contributed by atoms with Gasteiger partial charge in [0.05, 0.1) is 22.3 Å². The summed E-state index contributed by atoms with van der Waals surface area (Å²) in [5.41, 5.74) is 6.69. The Morgan fingerprint density at radius 1 is 1.20 bits per heavy atom. The van der Waals surface area contributed by atoms with Crippen molar-refractivity contribution >= 4 is 27.6 Å². The van der Waals surface area contributed by atoms with Gasteiger partial charge in [0.15, 0.2) is 0 Å². The quantitative estimate of drug-likeness (QED) is 0.677. The lowest BCUT2D eigenvalue weighted by Gasteiger charge is -2.11. The summed E-state index contributed by atoms with van der Waals surface area (Å²) >= 11 is 3.40. The van der Waals surface area contributed by atoms with E-state index in [1.165, 1.54) is 0 Å². The number of hydrogen-bond donors (Lipinski definition) is 1. The number of nitrogens with two attached hydrogens (primary N) is 1. The lowest BCUT2D eigenvalue weighted by molar-refractivity contribution is 0.0526. The second kappa shape index (κ2) is 6.43. The molecule has 104 valence electrons. The number of ether oxygens (including phenoxy) is 2. The number of hydrogen-bond acceptors (Lipinski definition) is 4. The Morgan fingerprint density at radius 3 is 2.60 bits per heavy atom. The Balaban J connectivity index is 2.22. The van der Waals surface area contributed by atoms with E-state index in [0.717, 1.165) is 4.47 Å². The Morgan fingerprint density at radius 2 is 1.95 bits per heavy atom. The fourth-order valence-electron chi connectivity index (χ4n) is 1.63. The van der Waals surface area contributed by atoms with E-state index in [1.807, 2.05) is 24.3 Å². The smallest absolute Gasteiger partial charge is 0.338 e. The highest BCUT2D eigenvalue weighted by Gasteiger charge is 2.11. The van der Waals surface area contributed by atoms with Crippen LogP contribution in [-0.4, -0.2) is 12.6 Å². The highest BCUT2D eigenvalue weighted by atomic mass is 79.9. The molecule has 2 aromatic rings. The largest absolute Gasteiger partial charge is 0.462 e. The van der Waals surface area contributed by atoms with Gasteiger partial charge in [0, 0.05) is 0 Å². The Bertz CT molecular complexity index is 628. The van der Waals surface area contributed by atoms with E-state index < -0.39 is 5.97 Å². The maximum absolute atomic E-state index is 11.6. The minimum Gasteiger partial charge on any atom is -0.462 e. The van der Waals surface area contributed by atoms with E-state index in [4.69, 9.17) is 15.2 Å². The summed E-state index contributed by atoms with van der Waals surface area (Å²) in [7, 11) is 0. The molecule has 0 saturated carbocycles. The van der Waals surface area contributed by atoms with Crippen LogP contribution < -0.4 is 10.5 Å². The minimum absolute atomic E-state index is 0.327. The van der Waals surface area contributed by atoms with Gasteiger partial charge in [-0.25, -0.2) is 4.79 Å². The summed E-state index contributed by atoms with van der Waals surface area (Å²) in [5.74, 6) is 0.750. The standard InChI is InChI=1S/C15H14BrNO3/c1-2-19-15(18)10-7-8-14(12(17)9-10)20-13-6-4-3-5-11(13)16/h3-9H,2,17H2,1H3. The molecular formula is C15H14BrNO3. The van der Waals surface area contributed by atoms with Crippen molar-refractivity contribution in [2.75, 3.05) is 12.3 Å². The summed E-state index contributed by atoms with van der Waals surface area (Å²) in [5, 5.41) is 0. The lowest BCUT2D eigenvalue weighted by atomic mass is 10.2. The van der Waals surface area contributed by atoms with E-state index in [-0.39, 0.29) is 0 Å². The van der Waals surface area contributed by atoms with Crippen molar-refractivity contribution in [2.24, 2.45) is 0 Å². The monoisotopic (exact) mass is 335 g/mol. The van der Waals surface area contributed by atoms with Gasteiger partial charge in [-0.15, -0.1) is 0 Å². The highest BCUT2D eigenvalue weighted by Crippen LogP contribution is 2.32. The molecule has 0 spiro atoms. The SMILES string of the molecule is CCOC(=O)c1ccc(Oc2ccccc2Br)c(N)c1. The predicted octanol–water partition coefficient (Wildman–Crippen LogP) is 4.00. The molecule has 2 aromatic carbocycles. The van der Waals surface area contributed by atoms with Gasteiger partial charge in [0.25, 0.3) is 0 Å². The van der Waals surface area contributed by atoms with Crippen molar-refractivity contribution in [1.82, 2.24) is 0 Å². The van der Waals surface area contributed by atoms with Gasteiger partial charge in [-0.2, -0.15) is 0 Å². The molecule has 0 aromatic heterocycles. The third-order valence-corrected chi connectivity index (χ3v) is 3.23. The van der Waals surface area contributed by atoms with E-state index in [9.17, 15) is 4.79 Å². The van der Waals surface area contributed by atoms with Crippen molar-refractivity contribution in [3.05, 3.63) is 52.5 Å². The summed E-state index contributed by atoms with van der Waals surface area (Å²) in [6, 6.07) is 12.3. The van der Waals surface area contributed by atoms with Crippen LogP contribution in [-0.2, 0) is 4.74 Å². The first-order chi connectivity index (χ1) is 9.61. The maximum atomic E-state index is 11.6. The van der Waals surface area contributed by atoms with Crippen LogP contribution in [0.4, 0.5) is 5.69 Å². The Hall–Kier alpha value is -2.01. The zero-order chi connectivity index (χ0) is 14.5. The van der Waals surface area contributed by atoms with Crippen molar-refractivity contribution in [1.29, 1.82) is 0 Å². The van der Waals surface area contributed by atoms with Crippen molar-refractivity contribution < 1.29 is 14.3 Å². The zero-order valence-electron chi connectivity index (χ0n) is 10.9. The molecule has 4 nitrogen and oxygen atoms in total. The number of esters is 1. The molecule has 0 fully saturated rings. The highest BCUT2D eigenvalue weighted by molar-refractivity contribution is 9.10. The number of carbonyl (C=O) groups excluding carboxylic acids is 1. The molecule has 0 heterocycles. The van der Waals surface area contributed by atoms with Gasteiger partial charge in [-0.05, 0) is 53.2 Å². The van der Waals surface area contributed by atoms with Crippen molar-refractivity contribution in [3.8, 4) is 11.5 Å². The van der Waals surface area contributed by atoms with E-state index in [1.54, 1.807) is 25.1 Å². The van der Waals surface area contributed by atoms with Gasteiger partial charge in [0.1, 0.15) is 11.5 Å². The summed E-state index contributed by atoms with van der Waals surface area (Å²) < 4.78 is 11.5. The van der Waals surface area contributed by atoms with Crippen LogP contribution in [0.5, 0.6) is 11.5 Å². The molecule has 2 N–H and O–H groups in total. The van der Waals surface area contributed by atoms with Crippen LogP contribution >= 0.6 is 15.9 Å². The van der Waals surface area contributed by atoms with Gasteiger partial charge in [0.2, 0.25) is 0 Å². The molecule has 0 bridgehead atoms. The van der Waals surface area contributed by atoms with Gasteiger partial charge < -0.3 is 15.2 Å². The second-order valence-electron chi connectivity index (χ2n) is 4.01. The van der Waals surface area contributed by atoms with Gasteiger partial charge >= 0.3 is 5.97 Å². The predicted molar refractivity (Wildman–Crippen MR) is 81.0 cm³/mol. The molecule has 0 aliphatic rings. The summed E-state index contributed by atoms with van der Waals surface area (Å²) in [6.45, 7) is 2.08. The number of para-hydroxylation sites is 1. The topological polar surface area (TPSA) is 61.5 Å². The molecule has 2 rings (SSSR count). The maximum Gasteiger partial charge on any atom is 0.338 e. The number of benzene rings is 2. The molecule has 5 heteroatoms. The lowest BCUT2D eigenvalue weighted by Crippen LogP contribution is -2.05. The van der Waals surface area contributed by atoms with Gasteiger partial charge in [-0.1, -0.05) is 12.1 Å². The summed E-state index contributed by atoms with van der Waals surface area (Å²) in [6.07, 6.45) is 0. The molecule has 0 aliphatic heterocycles. The third-order valence-electron chi connectivity index (χ3n) is 2.58. The molecule has 0 unspecified atom stereocenters. The fourth-order valence-corrected chi connectivity index (χ4v) is 1.99. The second-order valence-corrected chi connectivity index (χ2v) is 4.86. The summed E-state index contributed by atoms with van der Waals surface area (Å²) in [4.78, 5) is 11.6. The molecule has 0 atom stereocenters. The third kappa shape index (κ3) is 3.30. The van der Waals surface area contributed by atoms with Crippen LogP contribution in [0.25, 0.3) is 0 Å². The van der Waals surface area contributed by atoms with Crippen LogP contribution in [0.2, 0.25) is 0 Å². The number of anilines is 1. The minimum atomic E-state index is -0.397. The van der Waals surface area contributed by atoms with Gasteiger partial charge in [-0.3, -0.25) is 0 Å². The van der Waals surface area contributed by atoms with Crippen LogP contribution in [0.1, 0.15) is 17.3 Å². The first kappa shape index (κ1) is 14.4. The molecule has 0 radical (unpaired) electrons. The van der Waals surface area contributed by atoms with Crippen LogP contribution in [0.3, 0.4) is 0 Å². The Kier molecular flexibility index (Phi) is 4.63. The first-order valence-electron chi connectivity index (χ1n) is 6.11. The van der Waals surface area contributed by atoms with E-state index >= 15 is 0 Å². The Labute approximate surface area is 125 Å². The van der Waals surface area contributed by atoms with Crippen LogP contribution in [0, 0.1) is 0 Å². The van der Waals surface area contributed by atoms with Crippen molar-refractivity contribution in [3.63, 3.8) is 0 Å². The average Bonchev–Trinajstić information content (AvgIpc) is 2.43. The molecule has 20 heavy (non-hydrogen) atoms. The average molecular weight is 336 g/mol. The number of rotatable bonds is 4. The molecular weight excluding hydrogens is 322 g/mol. The molecule has 0 saturated heterocycles. The fraction of sp³-hybridized carbons (Fsp3) is 0.133. The molecule has 0 amide bonds. The van der Waals surface area contributed by atoms with E-state index in [2.05, 4.69) is 15.9 Å². The number of nitrogen functional groups attached to an aromatic ring is 1.